The largest absolute Gasteiger partial charge is 0.349 e. The molecule has 0 atom stereocenters. The third kappa shape index (κ3) is 2.80. The van der Waals surface area contributed by atoms with Crippen molar-refractivity contribution < 1.29 is 4.79 Å². The van der Waals surface area contributed by atoms with E-state index in [1.165, 1.54) is 0 Å². The fourth-order valence-electron chi connectivity index (χ4n) is 2.78. The fourth-order valence-corrected chi connectivity index (χ4v) is 2.78. The standard InChI is InChI=1S/C19H20N4O/c1-4-10-20-19(24)15-11-18(16-12-21-23(5-2)13(16)3)22-17-9-7-6-8-14(15)17/h4,6-9,11-12H,1,5,10H2,2-3H3,(H,20,24). The number of hydrogen-bond donors (Lipinski definition) is 1. The number of nitrogens with one attached hydrogen (secondary N) is 1. The van der Waals surface area contributed by atoms with Crippen LogP contribution in [0.5, 0.6) is 0 Å². The van der Waals surface area contributed by atoms with Gasteiger partial charge in [-0.15, -0.1) is 6.58 Å². The average Bonchev–Trinajstić information content (AvgIpc) is 2.99. The Hall–Kier alpha value is -2.95. The van der Waals surface area contributed by atoms with E-state index in [0.29, 0.717) is 12.1 Å². The van der Waals surface area contributed by atoms with Crippen molar-refractivity contribution in [1.82, 2.24) is 20.1 Å². The molecule has 122 valence electrons. The molecule has 0 radical (unpaired) electrons. The Bertz CT molecular complexity index is 911. The molecule has 0 saturated carbocycles. The van der Waals surface area contributed by atoms with E-state index in [0.717, 1.165) is 34.4 Å². The highest BCUT2D eigenvalue weighted by Gasteiger charge is 2.16. The SMILES string of the molecule is C=CCNC(=O)c1cc(-c2cnn(CC)c2C)nc2ccccc12. The molecule has 1 aromatic carbocycles. The van der Waals surface area contributed by atoms with Crippen LogP contribution >= 0.6 is 0 Å². The van der Waals surface area contributed by atoms with Crippen LogP contribution in [-0.2, 0) is 6.54 Å². The van der Waals surface area contributed by atoms with Gasteiger partial charge < -0.3 is 5.32 Å². The van der Waals surface area contributed by atoms with Gasteiger partial charge in [-0.1, -0.05) is 24.3 Å². The number of pyridine rings is 1. The highest BCUT2D eigenvalue weighted by atomic mass is 16.1. The van der Waals surface area contributed by atoms with Gasteiger partial charge in [0.05, 0.1) is 23.0 Å². The molecule has 0 bridgehead atoms. The Morgan fingerprint density at radius 2 is 2.17 bits per heavy atom. The number of rotatable bonds is 5. The molecular weight excluding hydrogens is 300 g/mol. The van der Waals surface area contributed by atoms with Gasteiger partial charge in [-0.05, 0) is 26.0 Å². The highest BCUT2D eigenvalue weighted by Crippen LogP contribution is 2.27. The van der Waals surface area contributed by atoms with E-state index >= 15 is 0 Å². The van der Waals surface area contributed by atoms with E-state index in [9.17, 15) is 4.79 Å². The molecule has 3 aromatic rings. The molecule has 0 aliphatic heterocycles. The summed E-state index contributed by atoms with van der Waals surface area (Å²) in [6.45, 7) is 8.93. The summed E-state index contributed by atoms with van der Waals surface area (Å²) in [4.78, 5) is 17.3. The lowest BCUT2D eigenvalue weighted by molar-refractivity contribution is 0.0959. The van der Waals surface area contributed by atoms with Gasteiger partial charge in [-0.3, -0.25) is 9.48 Å². The zero-order chi connectivity index (χ0) is 17.1. The first-order valence-corrected chi connectivity index (χ1v) is 7.97. The van der Waals surface area contributed by atoms with Gasteiger partial charge in [-0.2, -0.15) is 5.10 Å². The van der Waals surface area contributed by atoms with E-state index in [4.69, 9.17) is 4.98 Å². The van der Waals surface area contributed by atoms with Crippen LogP contribution in [0.15, 0.2) is 49.2 Å². The summed E-state index contributed by atoms with van der Waals surface area (Å²) in [7, 11) is 0. The van der Waals surface area contributed by atoms with Crippen LogP contribution in [0.3, 0.4) is 0 Å². The predicted octanol–water partition coefficient (Wildman–Crippen LogP) is 3.34. The van der Waals surface area contributed by atoms with E-state index in [1.54, 1.807) is 12.3 Å². The lowest BCUT2D eigenvalue weighted by Gasteiger charge is -2.10. The Morgan fingerprint density at radius 3 is 2.88 bits per heavy atom. The topological polar surface area (TPSA) is 59.8 Å². The number of aromatic nitrogens is 3. The van der Waals surface area contributed by atoms with Gasteiger partial charge in [-0.25, -0.2) is 4.98 Å². The number of hydrogen-bond acceptors (Lipinski definition) is 3. The Kier molecular flexibility index (Phi) is 4.42. The van der Waals surface area contributed by atoms with Crippen LogP contribution in [0.4, 0.5) is 0 Å². The maximum atomic E-state index is 12.5. The minimum atomic E-state index is -0.129. The quantitative estimate of drug-likeness (QED) is 0.734. The smallest absolute Gasteiger partial charge is 0.252 e. The highest BCUT2D eigenvalue weighted by molar-refractivity contribution is 6.07. The number of nitrogens with zero attached hydrogens (tertiary/aromatic N) is 3. The first kappa shape index (κ1) is 15.9. The summed E-state index contributed by atoms with van der Waals surface area (Å²) in [5.41, 5.74) is 4.15. The average molecular weight is 320 g/mol. The second-order valence-corrected chi connectivity index (χ2v) is 5.53. The summed E-state index contributed by atoms with van der Waals surface area (Å²) in [5.74, 6) is -0.129. The second-order valence-electron chi connectivity index (χ2n) is 5.53. The van der Waals surface area contributed by atoms with Crippen molar-refractivity contribution in [3.8, 4) is 11.3 Å². The number of para-hydroxylation sites is 1. The molecule has 0 aliphatic carbocycles. The lowest BCUT2D eigenvalue weighted by atomic mass is 10.0. The number of aryl methyl sites for hydroxylation is 1. The molecule has 1 N–H and O–H groups in total. The molecule has 0 aliphatic rings. The third-order valence-electron chi connectivity index (χ3n) is 4.05. The van der Waals surface area contributed by atoms with Crippen LogP contribution < -0.4 is 5.32 Å². The third-order valence-corrected chi connectivity index (χ3v) is 4.05. The summed E-state index contributed by atoms with van der Waals surface area (Å²) in [5, 5.41) is 8.06. The molecule has 1 amide bonds. The Morgan fingerprint density at radius 1 is 1.38 bits per heavy atom. The molecule has 0 spiro atoms. The Labute approximate surface area is 141 Å². The maximum absolute atomic E-state index is 12.5. The van der Waals surface area contributed by atoms with Gasteiger partial charge in [0.2, 0.25) is 0 Å². The molecule has 24 heavy (non-hydrogen) atoms. The molecule has 5 nitrogen and oxygen atoms in total. The van der Waals surface area contributed by atoms with Gasteiger partial charge in [0, 0.05) is 29.7 Å². The van der Waals surface area contributed by atoms with E-state index in [2.05, 4.69) is 17.0 Å². The number of fused-ring (bicyclic) bond motifs is 1. The normalized spacial score (nSPS) is 10.8. The van der Waals surface area contributed by atoms with Gasteiger partial charge in [0.1, 0.15) is 0 Å². The van der Waals surface area contributed by atoms with Crippen molar-refractivity contribution in [3.63, 3.8) is 0 Å². The monoisotopic (exact) mass is 320 g/mol. The molecule has 2 heterocycles. The van der Waals surface area contributed by atoms with Crippen molar-refractivity contribution in [1.29, 1.82) is 0 Å². The fraction of sp³-hybridized carbons (Fsp3) is 0.211. The number of carbonyl (C=O) groups is 1. The summed E-state index contributed by atoms with van der Waals surface area (Å²) in [6.07, 6.45) is 3.47. The summed E-state index contributed by atoms with van der Waals surface area (Å²) >= 11 is 0. The molecule has 0 fully saturated rings. The zero-order valence-electron chi connectivity index (χ0n) is 13.9. The van der Waals surface area contributed by atoms with Crippen molar-refractivity contribution in [2.24, 2.45) is 0 Å². The molecule has 0 unspecified atom stereocenters. The van der Waals surface area contributed by atoms with Crippen LogP contribution in [0, 0.1) is 6.92 Å². The maximum Gasteiger partial charge on any atom is 0.252 e. The number of carbonyl (C=O) groups excluding carboxylic acids is 1. The van der Waals surface area contributed by atoms with Crippen molar-refractivity contribution in [3.05, 3.63) is 60.4 Å². The lowest BCUT2D eigenvalue weighted by Crippen LogP contribution is -2.23. The predicted molar refractivity (Wildman–Crippen MR) is 95.9 cm³/mol. The van der Waals surface area contributed by atoms with Crippen LogP contribution in [-0.4, -0.2) is 27.2 Å². The van der Waals surface area contributed by atoms with Crippen molar-refractivity contribution >= 4 is 16.8 Å². The van der Waals surface area contributed by atoms with Crippen LogP contribution in [0.2, 0.25) is 0 Å². The van der Waals surface area contributed by atoms with Gasteiger partial charge in [0.25, 0.3) is 5.91 Å². The first-order chi connectivity index (χ1) is 11.7. The number of amides is 1. The zero-order valence-corrected chi connectivity index (χ0v) is 13.9. The van der Waals surface area contributed by atoms with Crippen LogP contribution in [0.25, 0.3) is 22.2 Å². The first-order valence-electron chi connectivity index (χ1n) is 7.97. The van der Waals surface area contributed by atoms with E-state index in [1.807, 2.05) is 48.9 Å². The van der Waals surface area contributed by atoms with E-state index < -0.39 is 0 Å². The van der Waals surface area contributed by atoms with Crippen LogP contribution in [0.1, 0.15) is 23.0 Å². The molecule has 5 heteroatoms. The summed E-state index contributed by atoms with van der Waals surface area (Å²) in [6, 6.07) is 9.51. The van der Waals surface area contributed by atoms with Gasteiger partial charge >= 0.3 is 0 Å². The minimum Gasteiger partial charge on any atom is -0.349 e. The van der Waals surface area contributed by atoms with Crippen molar-refractivity contribution in [2.75, 3.05) is 6.54 Å². The molecule has 2 aromatic heterocycles. The molecule has 0 saturated heterocycles. The minimum absolute atomic E-state index is 0.129. The Balaban J connectivity index is 2.17. The molecule has 3 rings (SSSR count). The molecular formula is C19H20N4O. The number of benzene rings is 1. The second kappa shape index (κ2) is 6.66. The van der Waals surface area contributed by atoms with Crippen molar-refractivity contribution in [2.45, 2.75) is 20.4 Å². The van der Waals surface area contributed by atoms with E-state index in [-0.39, 0.29) is 5.91 Å². The summed E-state index contributed by atoms with van der Waals surface area (Å²) < 4.78 is 1.92. The van der Waals surface area contributed by atoms with Gasteiger partial charge in [0.15, 0.2) is 0 Å².